The molecule has 2 aliphatic rings. The molecule has 0 bridgehead atoms. The van der Waals surface area contributed by atoms with Crippen LogP contribution in [-0.4, -0.2) is 44.3 Å². The predicted molar refractivity (Wildman–Crippen MR) is 136 cm³/mol. The van der Waals surface area contributed by atoms with Crippen molar-refractivity contribution < 1.29 is 4.39 Å². The minimum absolute atomic E-state index is 0.358. The zero-order valence-corrected chi connectivity index (χ0v) is 20.5. The van der Waals surface area contributed by atoms with Gasteiger partial charge in [-0.3, -0.25) is 0 Å². The van der Waals surface area contributed by atoms with Crippen molar-refractivity contribution in [2.75, 3.05) is 18.4 Å². The summed E-state index contributed by atoms with van der Waals surface area (Å²) in [6, 6.07) is 5.43. The van der Waals surface area contributed by atoms with Crippen LogP contribution in [0.2, 0.25) is 10.0 Å². The van der Waals surface area contributed by atoms with E-state index in [1.165, 1.54) is 0 Å². The third-order valence-corrected chi connectivity index (χ3v) is 7.35. The maximum absolute atomic E-state index is 14.9. The van der Waals surface area contributed by atoms with Crippen LogP contribution in [0.1, 0.15) is 26.2 Å². The van der Waals surface area contributed by atoms with Gasteiger partial charge < -0.3 is 15.2 Å². The molecule has 9 heteroatoms. The van der Waals surface area contributed by atoms with Crippen molar-refractivity contribution in [2.24, 2.45) is 5.92 Å². The maximum atomic E-state index is 14.9. The third kappa shape index (κ3) is 4.32. The van der Waals surface area contributed by atoms with Crippen LogP contribution in [-0.2, 0) is 6.54 Å². The molecule has 0 spiro atoms. The molecule has 5 rings (SSSR count). The van der Waals surface area contributed by atoms with Gasteiger partial charge in [0.2, 0.25) is 5.95 Å². The number of alkyl halides is 1. The van der Waals surface area contributed by atoms with Gasteiger partial charge in [-0.1, -0.05) is 54.4 Å². The fraction of sp³-hybridized carbons (Fsp3) is 0.400. The number of nitrogens with one attached hydrogen (secondary N) is 2. The van der Waals surface area contributed by atoms with E-state index in [-0.39, 0.29) is 0 Å². The summed E-state index contributed by atoms with van der Waals surface area (Å²) in [7, 11) is 0. The van der Waals surface area contributed by atoms with Crippen LogP contribution in [0.5, 0.6) is 0 Å². The van der Waals surface area contributed by atoms with Gasteiger partial charge >= 0.3 is 0 Å². The first-order valence-electron chi connectivity index (χ1n) is 11.7. The largest absolute Gasteiger partial charge is 0.342 e. The molecule has 3 atom stereocenters. The summed E-state index contributed by atoms with van der Waals surface area (Å²) in [4.78, 5) is 14.1. The number of hydrogen-bond acceptors (Lipinski definition) is 5. The number of nitrogens with zero attached hydrogens (tertiary/aromatic N) is 4. The maximum Gasteiger partial charge on any atom is 0.225 e. The third-order valence-electron chi connectivity index (χ3n) is 6.72. The summed E-state index contributed by atoms with van der Waals surface area (Å²) in [6.45, 7) is 4.61. The van der Waals surface area contributed by atoms with Crippen molar-refractivity contribution >= 4 is 40.3 Å². The molecule has 178 valence electrons. The van der Waals surface area contributed by atoms with Crippen LogP contribution in [0.25, 0.3) is 22.6 Å². The summed E-state index contributed by atoms with van der Waals surface area (Å²) in [5.74, 6) is 1.44. The lowest BCUT2D eigenvalue weighted by Crippen LogP contribution is -2.45. The van der Waals surface area contributed by atoms with Crippen LogP contribution in [0.3, 0.4) is 0 Å². The quantitative estimate of drug-likeness (QED) is 0.445. The Morgan fingerprint density at radius 1 is 1.24 bits per heavy atom. The van der Waals surface area contributed by atoms with Gasteiger partial charge in [-0.05, 0) is 56.5 Å². The van der Waals surface area contributed by atoms with E-state index < -0.39 is 11.7 Å². The normalized spacial score (nSPS) is 24.6. The second kappa shape index (κ2) is 9.64. The van der Waals surface area contributed by atoms with Crippen LogP contribution in [0.4, 0.5) is 10.3 Å². The summed E-state index contributed by atoms with van der Waals surface area (Å²) < 4.78 is 17.0. The Kier molecular flexibility index (Phi) is 6.60. The molecule has 6 nitrogen and oxygen atoms in total. The highest BCUT2D eigenvalue weighted by atomic mass is 35.5. The molecule has 2 N–H and O–H groups in total. The van der Waals surface area contributed by atoms with Gasteiger partial charge in [0.1, 0.15) is 17.5 Å². The summed E-state index contributed by atoms with van der Waals surface area (Å²) in [5.41, 5.74) is 1.10. The van der Waals surface area contributed by atoms with Crippen molar-refractivity contribution in [3.05, 3.63) is 58.7 Å². The molecule has 0 amide bonds. The fourth-order valence-corrected chi connectivity index (χ4v) is 5.33. The molecule has 3 heterocycles. The molecule has 3 aromatic rings. The lowest BCUT2D eigenvalue weighted by atomic mass is 9.87. The number of benzene rings is 1. The lowest BCUT2D eigenvalue weighted by Gasteiger charge is -2.34. The van der Waals surface area contributed by atoms with Crippen LogP contribution >= 0.6 is 23.2 Å². The number of hydrogen-bond donors (Lipinski definition) is 2. The van der Waals surface area contributed by atoms with Crippen molar-refractivity contribution in [3.8, 4) is 11.4 Å². The molecule has 1 fully saturated rings. The van der Waals surface area contributed by atoms with E-state index in [0.717, 1.165) is 25.9 Å². The average Bonchev–Trinajstić information content (AvgIpc) is 3.18. The first-order chi connectivity index (χ1) is 16.5. The van der Waals surface area contributed by atoms with Crippen molar-refractivity contribution in [2.45, 2.75) is 44.4 Å². The number of fused-ring (bicyclic) bond motifs is 1. The van der Waals surface area contributed by atoms with Gasteiger partial charge in [0.15, 0.2) is 5.65 Å². The average molecular weight is 501 g/mol. The number of imidazole rings is 1. The van der Waals surface area contributed by atoms with E-state index in [2.05, 4.69) is 20.2 Å². The van der Waals surface area contributed by atoms with Gasteiger partial charge in [-0.2, -0.15) is 4.98 Å². The lowest BCUT2D eigenvalue weighted by molar-refractivity contribution is 0.289. The van der Waals surface area contributed by atoms with E-state index >= 15 is 0 Å². The predicted octanol–water partition coefficient (Wildman–Crippen LogP) is 5.82. The van der Waals surface area contributed by atoms with Gasteiger partial charge in [-0.25, -0.2) is 14.4 Å². The van der Waals surface area contributed by atoms with E-state index in [0.29, 0.717) is 57.4 Å². The minimum Gasteiger partial charge on any atom is -0.342 e. The Morgan fingerprint density at radius 2 is 2.06 bits per heavy atom. The molecule has 2 aromatic heterocycles. The Bertz CT molecular complexity index is 1230. The SMILES string of the molecule is CCC1(Nc2ncc3nc(-c4c(Cl)cccc4Cl)n(C[C@@H]4CCCNC4)c3n2)C=CC=CC1F. The Balaban J connectivity index is 1.61. The van der Waals surface area contributed by atoms with Gasteiger partial charge in [0, 0.05) is 6.54 Å². The zero-order valence-electron chi connectivity index (χ0n) is 18.9. The van der Waals surface area contributed by atoms with E-state index in [1.807, 2.05) is 37.3 Å². The highest BCUT2D eigenvalue weighted by molar-refractivity contribution is 6.39. The number of piperidine rings is 1. The summed E-state index contributed by atoms with van der Waals surface area (Å²) in [6.07, 6.45) is 10.2. The van der Waals surface area contributed by atoms with Gasteiger partial charge in [0.25, 0.3) is 0 Å². The second-order valence-corrected chi connectivity index (χ2v) is 9.74. The standard InChI is InChI=1S/C25H27Cl2FN6/c1-2-25(11-4-3-10-20(25)28)33-24-30-14-19-22(32-24)34(15-16-7-6-12-29-13-16)23(31-19)21-17(26)8-5-9-18(21)27/h3-5,8-11,14,16,20,29H,2,6-7,12-13,15H2,1H3,(H,30,32,33)/t16-,20?,25?/m1/s1. The zero-order chi connectivity index (χ0) is 23.7. The smallest absolute Gasteiger partial charge is 0.225 e. The number of allylic oxidation sites excluding steroid dienone is 2. The summed E-state index contributed by atoms with van der Waals surface area (Å²) in [5, 5.41) is 7.78. The van der Waals surface area contributed by atoms with E-state index in [4.69, 9.17) is 33.2 Å². The molecule has 34 heavy (non-hydrogen) atoms. The Morgan fingerprint density at radius 3 is 2.76 bits per heavy atom. The molecular formula is C25H27Cl2FN6. The number of halogens is 3. The van der Waals surface area contributed by atoms with Crippen molar-refractivity contribution in [1.29, 1.82) is 0 Å². The topological polar surface area (TPSA) is 67.7 Å². The van der Waals surface area contributed by atoms with Crippen LogP contribution in [0.15, 0.2) is 48.7 Å². The molecule has 1 saturated heterocycles. The number of anilines is 1. The van der Waals surface area contributed by atoms with Crippen LogP contribution < -0.4 is 10.6 Å². The first kappa shape index (κ1) is 23.3. The summed E-state index contributed by atoms with van der Waals surface area (Å²) >= 11 is 13.1. The monoisotopic (exact) mass is 500 g/mol. The molecule has 2 unspecified atom stereocenters. The highest BCUT2D eigenvalue weighted by Crippen LogP contribution is 2.36. The number of aromatic nitrogens is 4. The molecular weight excluding hydrogens is 474 g/mol. The Hall–Kier alpha value is -2.48. The van der Waals surface area contributed by atoms with Crippen molar-refractivity contribution in [3.63, 3.8) is 0 Å². The Labute approximate surface area is 208 Å². The van der Waals surface area contributed by atoms with E-state index in [1.54, 1.807) is 18.3 Å². The molecule has 1 aliphatic carbocycles. The molecule has 1 aromatic carbocycles. The fourth-order valence-electron chi connectivity index (χ4n) is 4.76. The molecule has 1 aliphatic heterocycles. The van der Waals surface area contributed by atoms with Crippen molar-refractivity contribution in [1.82, 2.24) is 24.8 Å². The van der Waals surface area contributed by atoms with Crippen LogP contribution in [0, 0.1) is 5.92 Å². The van der Waals surface area contributed by atoms with E-state index in [9.17, 15) is 4.39 Å². The number of rotatable bonds is 6. The molecule has 0 saturated carbocycles. The molecule has 0 radical (unpaired) electrons. The highest BCUT2D eigenvalue weighted by Gasteiger charge is 2.36. The first-order valence-corrected chi connectivity index (χ1v) is 12.4. The van der Waals surface area contributed by atoms with Gasteiger partial charge in [-0.15, -0.1) is 0 Å². The van der Waals surface area contributed by atoms with Gasteiger partial charge in [0.05, 0.1) is 27.3 Å². The second-order valence-electron chi connectivity index (χ2n) is 8.92. The minimum atomic E-state index is -1.18.